The van der Waals surface area contributed by atoms with Gasteiger partial charge in [-0.1, -0.05) is 0 Å². The molecular weight excluding hydrogens is 610 g/mol. The van der Waals surface area contributed by atoms with E-state index in [4.69, 9.17) is 14.2 Å². The van der Waals surface area contributed by atoms with E-state index in [-0.39, 0.29) is 36.8 Å². The van der Waals surface area contributed by atoms with Crippen molar-refractivity contribution in [3.63, 3.8) is 0 Å². The van der Waals surface area contributed by atoms with Gasteiger partial charge in [0, 0.05) is 48.9 Å². The maximum Gasteiger partial charge on any atom is 0.348 e. The average molecular weight is 644 g/mol. The quantitative estimate of drug-likeness (QED) is 0.174. The van der Waals surface area contributed by atoms with Crippen LogP contribution in [-0.4, -0.2) is 72.8 Å². The van der Waals surface area contributed by atoms with Gasteiger partial charge in [-0.2, -0.15) is 0 Å². The number of carbonyl (C=O) groups is 4. The van der Waals surface area contributed by atoms with Crippen LogP contribution in [0.3, 0.4) is 0 Å². The number of nitrogens with zero attached hydrogens (tertiary/aromatic N) is 3. The molecule has 6 rings (SSSR count). The van der Waals surface area contributed by atoms with Crippen LogP contribution >= 0.6 is 11.3 Å². The maximum atomic E-state index is 13.1. The molecule has 2 aromatic carbocycles. The van der Waals surface area contributed by atoms with Gasteiger partial charge in [0.1, 0.15) is 10.6 Å². The molecule has 13 heteroatoms. The highest BCUT2D eigenvalue weighted by Gasteiger charge is 2.32. The predicted octanol–water partition coefficient (Wildman–Crippen LogP) is 5.41. The largest absolute Gasteiger partial charge is 0.493 e. The van der Waals surface area contributed by atoms with Gasteiger partial charge in [0.2, 0.25) is 5.91 Å². The number of rotatable bonds is 10. The summed E-state index contributed by atoms with van der Waals surface area (Å²) in [6.07, 6.45) is 5.96. The Bertz CT molecular complexity index is 1880. The number of hydrogen-bond acceptors (Lipinski definition) is 9. The van der Waals surface area contributed by atoms with Crippen LogP contribution in [0.1, 0.15) is 56.2 Å². The van der Waals surface area contributed by atoms with E-state index in [0.717, 1.165) is 22.9 Å². The van der Waals surface area contributed by atoms with Gasteiger partial charge >= 0.3 is 5.97 Å². The van der Waals surface area contributed by atoms with E-state index < -0.39 is 5.97 Å². The Labute approximate surface area is 268 Å². The summed E-state index contributed by atoms with van der Waals surface area (Å²) in [5.74, 6) is -0.157. The second-order valence-corrected chi connectivity index (χ2v) is 12.1. The zero-order valence-corrected chi connectivity index (χ0v) is 26.4. The van der Waals surface area contributed by atoms with Gasteiger partial charge in [-0.25, -0.2) is 4.79 Å². The van der Waals surface area contributed by atoms with Crippen LogP contribution in [0.2, 0.25) is 0 Å². The maximum absolute atomic E-state index is 13.1. The summed E-state index contributed by atoms with van der Waals surface area (Å²) in [7, 11) is 4.57. The van der Waals surface area contributed by atoms with Crippen LogP contribution in [0.25, 0.3) is 10.1 Å². The number of ether oxygens (including phenoxy) is 3. The summed E-state index contributed by atoms with van der Waals surface area (Å²) >= 11 is 1.32. The lowest BCUT2D eigenvalue weighted by molar-refractivity contribution is -0.116. The summed E-state index contributed by atoms with van der Waals surface area (Å²) in [4.78, 5) is 57.5. The van der Waals surface area contributed by atoms with Gasteiger partial charge in [0.25, 0.3) is 11.8 Å². The molecule has 1 atom stereocenters. The molecule has 2 aliphatic rings. The fourth-order valence-corrected chi connectivity index (χ4v) is 6.60. The third kappa shape index (κ3) is 6.31. The number of carbonyl (C=O) groups excluding carboxylic acids is 4. The minimum Gasteiger partial charge on any atom is -0.493 e. The molecule has 1 saturated heterocycles. The molecule has 0 spiro atoms. The predicted molar refractivity (Wildman–Crippen MR) is 175 cm³/mol. The highest BCUT2D eigenvalue weighted by molar-refractivity contribution is 7.20. The van der Waals surface area contributed by atoms with Crippen molar-refractivity contribution in [2.24, 2.45) is 12.0 Å². The van der Waals surface area contributed by atoms with Crippen LogP contribution in [0.4, 0.5) is 17.1 Å². The minimum atomic E-state index is -0.406. The van der Waals surface area contributed by atoms with Crippen LogP contribution < -0.4 is 20.1 Å². The monoisotopic (exact) mass is 643 g/mol. The van der Waals surface area contributed by atoms with E-state index >= 15 is 0 Å². The molecule has 0 saturated carbocycles. The highest BCUT2D eigenvalue weighted by Crippen LogP contribution is 2.38. The first-order valence-corrected chi connectivity index (χ1v) is 15.6. The molecule has 0 unspecified atom stereocenters. The fraction of sp³-hybridized carbons (Fsp3) is 0.303. The summed E-state index contributed by atoms with van der Waals surface area (Å²) in [5, 5.41) is 6.52. The number of benzene rings is 2. The topological polar surface area (TPSA) is 141 Å². The van der Waals surface area contributed by atoms with Crippen molar-refractivity contribution in [1.29, 1.82) is 0 Å². The van der Waals surface area contributed by atoms with E-state index in [1.54, 1.807) is 54.2 Å². The Kier molecular flexibility index (Phi) is 8.75. The third-order valence-corrected chi connectivity index (χ3v) is 9.04. The number of aryl methyl sites for hydroxylation is 1. The first-order chi connectivity index (χ1) is 22.2. The second kappa shape index (κ2) is 13.1. The number of nitrogens with one attached hydrogen (secondary N) is 2. The highest BCUT2D eigenvalue weighted by atomic mass is 32.1. The smallest absolute Gasteiger partial charge is 0.348 e. The number of fused-ring (bicyclic) bond motifs is 3. The van der Waals surface area contributed by atoms with E-state index in [1.165, 1.54) is 25.6 Å². The summed E-state index contributed by atoms with van der Waals surface area (Å²) < 4.78 is 18.8. The van der Waals surface area contributed by atoms with Crippen molar-refractivity contribution in [3.05, 3.63) is 64.8 Å². The van der Waals surface area contributed by atoms with Crippen molar-refractivity contribution >= 4 is 68.4 Å². The number of esters is 1. The number of aliphatic imine (C=N–C) groups is 1. The Balaban J connectivity index is 1.02. The van der Waals surface area contributed by atoms with E-state index in [1.807, 2.05) is 17.2 Å². The van der Waals surface area contributed by atoms with Crippen molar-refractivity contribution in [3.8, 4) is 11.5 Å². The Hall–Kier alpha value is -5.17. The lowest BCUT2D eigenvalue weighted by Crippen LogP contribution is -2.35. The molecule has 2 aliphatic heterocycles. The molecule has 4 aromatic rings. The molecule has 12 nitrogen and oxygen atoms in total. The number of hydrogen-bond donors (Lipinski definition) is 2. The van der Waals surface area contributed by atoms with Crippen molar-refractivity contribution in [1.82, 2.24) is 9.47 Å². The Morgan fingerprint density at radius 2 is 1.89 bits per heavy atom. The van der Waals surface area contributed by atoms with Crippen molar-refractivity contribution < 1.29 is 33.4 Å². The van der Waals surface area contributed by atoms with E-state index in [9.17, 15) is 19.2 Å². The SMILES string of the molecule is COC(=O)c1cc2cc(NC(=O)c3cc(NC(=O)CCCOc4cc5c(cc4OC)C(=O)N4CCC[C@H]4C=N5)cn3C)ccc2s1. The molecule has 0 aliphatic carbocycles. The Morgan fingerprint density at radius 1 is 1.04 bits per heavy atom. The Morgan fingerprint density at radius 3 is 2.70 bits per heavy atom. The first kappa shape index (κ1) is 30.8. The lowest BCUT2D eigenvalue weighted by Gasteiger charge is -2.20. The number of methoxy groups -OCH3 is 2. The molecular formula is C33H33N5O7S. The van der Waals surface area contributed by atoms with E-state index in [2.05, 4.69) is 15.6 Å². The first-order valence-electron chi connectivity index (χ1n) is 14.8. The number of amides is 3. The van der Waals surface area contributed by atoms with Gasteiger partial charge in [-0.3, -0.25) is 19.4 Å². The number of anilines is 2. The van der Waals surface area contributed by atoms with Crippen molar-refractivity contribution in [2.75, 3.05) is 38.0 Å². The zero-order chi connectivity index (χ0) is 32.4. The average Bonchev–Trinajstić information content (AvgIpc) is 3.77. The number of aromatic nitrogens is 1. The van der Waals surface area contributed by atoms with E-state index in [0.29, 0.717) is 57.7 Å². The van der Waals surface area contributed by atoms with Crippen LogP contribution in [0, 0.1) is 0 Å². The third-order valence-electron chi connectivity index (χ3n) is 7.95. The standard InChI is InChI=1S/C33H33N5O7S/c1-37-18-21(14-25(37)31(40)36-20-8-9-28-19(12-20)13-29(46-28)33(42)44-3)35-30(39)7-5-11-45-27-16-24-23(15-26(27)43-2)32(41)38-10-4-6-22(38)17-34-24/h8-9,12-18,22H,4-7,10-11H2,1-3H3,(H,35,39)(H,36,40)/t22-/m0/s1. The minimum absolute atomic E-state index is 0.00872. The van der Waals surface area contributed by atoms with Gasteiger partial charge in [0.05, 0.1) is 43.8 Å². The van der Waals surface area contributed by atoms with Crippen LogP contribution in [0.15, 0.2) is 53.7 Å². The molecule has 0 radical (unpaired) electrons. The van der Waals surface area contributed by atoms with Crippen LogP contribution in [-0.2, 0) is 16.6 Å². The number of thiophene rings is 1. The molecule has 2 aromatic heterocycles. The van der Waals surface area contributed by atoms with Crippen molar-refractivity contribution in [2.45, 2.75) is 31.7 Å². The summed E-state index contributed by atoms with van der Waals surface area (Å²) in [5.41, 5.74) is 2.44. The molecule has 4 heterocycles. The zero-order valence-electron chi connectivity index (χ0n) is 25.6. The molecule has 3 amide bonds. The second-order valence-electron chi connectivity index (χ2n) is 11.0. The van der Waals surface area contributed by atoms with Gasteiger partial charge < -0.3 is 34.3 Å². The summed E-state index contributed by atoms with van der Waals surface area (Å²) in [6, 6.07) is 12.1. The molecule has 0 bridgehead atoms. The lowest BCUT2D eigenvalue weighted by atomic mass is 10.1. The molecule has 46 heavy (non-hydrogen) atoms. The fourth-order valence-electron chi connectivity index (χ4n) is 5.63. The normalized spacial score (nSPS) is 15.2. The van der Waals surface area contributed by atoms with Gasteiger partial charge in [-0.05, 0) is 61.0 Å². The van der Waals surface area contributed by atoms with Gasteiger partial charge in [-0.15, -0.1) is 11.3 Å². The van der Waals surface area contributed by atoms with Gasteiger partial charge in [0.15, 0.2) is 11.5 Å². The molecule has 238 valence electrons. The summed E-state index contributed by atoms with van der Waals surface area (Å²) in [6.45, 7) is 0.954. The molecule has 1 fully saturated rings. The molecule has 2 N–H and O–H groups in total. The van der Waals surface area contributed by atoms with Crippen LogP contribution in [0.5, 0.6) is 11.5 Å².